The van der Waals surface area contributed by atoms with Gasteiger partial charge in [0.05, 0.1) is 0 Å². The van der Waals surface area contributed by atoms with E-state index >= 15 is 0 Å². The monoisotopic (exact) mass is 255 g/mol. The lowest BCUT2D eigenvalue weighted by Gasteiger charge is -2.33. The molecule has 106 valence electrons. The van der Waals surface area contributed by atoms with E-state index in [9.17, 15) is 4.79 Å². The van der Waals surface area contributed by atoms with Gasteiger partial charge in [0.15, 0.2) is 0 Å². The zero-order chi connectivity index (χ0) is 13.6. The van der Waals surface area contributed by atoms with E-state index in [1.807, 2.05) is 7.05 Å². The molecular weight excluding hydrogens is 226 g/mol. The summed E-state index contributed by atoms with van der Waals surface area (Å²) >= 11 is 0. The van der Waals surface area contributed by atoms with Crippen LogP contribution in [0.15, 0.2) is 0 Å². The highest BCUT2D eigenvalue weighted by Crippen LogP contribution is 2.37. The highest BCUT2D eigenvalue weighted by Gasteiger charge is 2.46. The fourth-order valence-electron chi connectivity index (χ4n) is 3.33. The lowest BCUT2D eigenvalue weighted by molar-refractivity contribution is -0.125. The summed E-state index contributed by atoms with van der Waals surface area (Å²) in [6.07, 6.45) is 5.37. The Hall–Kier alpha value is -0.610. The first-order valence-corrected chi connectivity index (χ1v) is 7.31. The van der Waals surface area contributed by atoms with Gasteiger partial charge in [0, 0.05) is 0 Å². The van der Waals surface area contributed by atoms with Gasteiger partial charge in [-0.05, 0) is 58.3 Å². The molecule has 0 aromatic rings. The highest BCUT2D eigenvalue weighted by molar-refractivity contribution is 5.85. The summed E-state index contributed by atoms with van der Waals surface area (Å²) < 4.78 is 0. The Morgan fingerprint density at radius 3 is 2.67 bits per heavy atom. The van der Waals surface area contributed by atoms with Crippen molar-refractivity contribution in [1.82, 2.24) is 10.2 Å². The first-order chi connectivity index (χ1) is 8.60. The van der Waals surface area contributed by atoms with Crippen molar-refractivity contribution in [2.45, 2.75) is 51.5 Å². The largest absolute Gasteiger partial charge is 0.368 e. The van der Waals surface area contributed by atoms with Crippen LogP contribution in [0.2, 0.25) is 0 Å². The van der Waals surface area contributed by atoms with Gasteiger partial charge in [0.1, 0.15) is 5.54 Å². The summed E-state index contributed by atoms with van der Waals surface area (Å²) in [4.78, 5) is 14.2. The summed E-state index contributed by atoms with van der Waals surface area (Å²) in [5.41, 5.74) is 5.16. The van der Waals surface area contributed by atoms with E-state index in [0.29, 0.717) is 5.92 Å². The predicted octanol–water partition coefficient (Wildman–Crippen LogP) is 1.35. The molecule has 4 nitrogen and oxygen atoms in total. The fraction of sp³-hybridized carbons (Fsp3) is 0.929. The van der Waals surface area contributed by atoms with Gasteiger partial charge in [-0.3, -0.25) is 4.79 Å². The zero-order valence-electron chi connectivity index (χ0n) is 12.2. The maximum absolute atomic E-state index is 11.8. The van der Waals surface area contributed by atoms with E-state index in [1.165, 1.54) is 6.42 Å². The third-order valence-corrected chi connectivity index (χ3v) is 4.49. The van der Waals surface area contributed by atoms with E-state index in [1.54, 1.807) is 0 Å². The molecule has 1 aliphatic rings. The maximum atomic E-state index is 11.8. The molecule has 1 amide bonds. The van der Waals surface area contributed by atoms with E-state index in [4.69, 9.17) is 5.73 Å². The lowest BCUT2D eigenvalue weighted by atomic mass is 9.84. The van der Waals surface area contributed by atoms with E-state index in [0.717, 1.165) is 45.3 Å². The molecule has 4 heteroatoms. The van der Waals surface area contributed by atoms with Gasteiger partial charge < -0.3 is 16.0 Å². The number of nitrogens with two attached hydrogens (primary N) is 1. The lowest BCUT2D eigenvalue weighted by Crippen LogP contribution is -2.56. The van der Waals surface area contributed by atoms with Gasteiger partial charge in [-0.15, -0.1) is 0 Å². The standard InChI is InChI=1S/C14H29N3O/c1-4-10-17(5-2)11-8-12-7-6-9-14(12,16-3)13(15)18/h12,16H,4-11H2,1-3H3,(H2,15,18). The maximum Gasteiger partial charge on any atom is 0.238 e. The van der Waals surface area contributed by atoms with Gasteiger partial charge in [-0.1, -0.05) is 20.3 Å². The first kappa shape index (κ1) is 15.4. The Morgan fingerprint density at radius 1 is 1.44 bits per heavy atom. The Bertz CT molecular complexity index is 270. The summed E-state index contributed by atoms with van der Waals surface area (Å²) in [5, 5.41) is 3.21. The van der Waals surface area contributed by atoms with Crippen molar-refractivity contribution in [3.8, 4) is 0 Å². The molecule has 1 saturated carbocycles. The molecule has 1 rings (SSSR count). The SMILES string of the molecule is CCCN(CC)CCC1CCCC1(NC)C(N)=O. The highest BCUT2D eigenvalue weighted by atomic mass is 16.1. The van der Waals surface area contributed by atoms with Crippen molar-refractivity contribution in [3.05, 3.63) is 0 Å². The van der Waals surface area contributed by atoms with Crippen molar-refractivity contribution in [2.24, 2.45) is 11.7 Å². The van der Waals surface area contributed by atoms with Crippen molar-refractivity contribution in [3.63, 3.8) is 0 Å². The molecule has 0 radical (unpaired) electrons. The summed E-state index contributed by atoms with van der Waals surface area (Å²) in [6, 6.07) is 0. The summed E-state index contributed by atoms with van der Waals surface area (Å²) in [6.45, 7) is 7.71. The van der Waals surface area contributed by atoms with Gasteiger partial charge in [0.2, 0.25) is 5.91 Å². The third-order valence-electron chi connectivity index (χ3n) is 4.49. The smallest absolute Gasteiger partial charge is 0.238 e. The summed E-state index contributed by atoms with van der Waals surface area (Å²) in [7, 11) is 1.87. The number of carbonyl (C=O) groups is 1. The van der Waals surface area contributed by atoms with Crippen LogP contribution < -0.4 is 11.1 Å². The Kier molecular flexibility index (Phi) is 6.09. The van der Waals surface area contributed by atoms with Crippen LogP contribution in [0.4, 0.5) is 0 Å². The minimum absolute atomic E-state index is 0.175. The van der Waals surface area contributed by atoms with Crippen molar-refractivity contribution >= 4 is 5.91 Å². The van der Waals surface area contributed by atoms with E-state index in [-0.39, 0.29) is 5.91 Å². The van der Waals surface area contributed by atoms with Gasteiger partial charge in [-0.25, -0.2) is 0 Å². The third kappa shape index (κ3) is 3.23. The van der Waals surface area contributed by atoms with E-state index in [2.05, 4.69) is 24.1 Å². The number of nitrogens with one attached hydrogen (secondary N) is 1. The van der Waals surface area contributed by atoms with Gasteiger partial charge in [0.25, 0.3) is 0 Å². The van der Waals surface area contributed by atoms with E-state index < -0.39 is 5.54 Å². The molecule has 1 fully saturated rings. The fourth-order valence-corrected chi connectivity index (χ4v) is 3.33. The number of carbonyl (C=O) groups excluding carboxylic acids is 1. The van der Waals surface area contributed by atoms with Crippen molar-refractivity contribution in [2.75, 3.05) is 26.7 Å². The Labute approximate surface area is 111 Å². The predicted molar refractivity (Wildman–Crippen MR) is 75.3 cm³/mol. The topological polar surface area (TPSA) is 58.4 Å². The van der Waals surface area contributed by atoms with Crippen molar-refractivity contribution in [1.29, 1.82) is 0 Å². The second kappa shape index (κ2) is 7.10. The van der Waals surface area contributed by atoms with Crippen LogP contribution in [-0.2, 0) is 4.79 Å². The zero-order valence-corrected chi connectivity index (χ0v) is 12.2. The minimum atomic E-state index is -0.453. The first-order valence-electron chi connectivity index (χ1n) is 7.31. The van der Waals surface area contributed by atoms with Crippen LogP contribution in [0.25, 0.3) is 0 Å². The molecule has 0 aromatic carbocycles. The number of amides is 1. The molecule has 0 aliphatic heterocycles. The number of rotatable bonds is 8. The molecular formula is C14H29N3O. The normalized spacial score (nSPS) is 27.9. The van der Waals surface area contributed by atoms with Crippen LogP contribution >= 0.6 is 0 Å². The molecule has 0 heterocycles. The van der Waals surface area contributed by atoms with Crippen LogP contribution in [0, 0.1) is 5.92 Å². The number of nitrogens with zero attached hydrogens (tertiary/aromatic N) is 1. The average molecular weight is 255 g/mol. The molecule has 0 aromatic heterocycles. The van der Waals surface area contributed by atoms with Crippen LogP contribution in [0.1, 0.15) is 46.0 Å². The summed E-state index contributed by atoms with van der Waals surface area (Å²) in [5.74, 6) is 0.219. The van der Waals surface area contributed by atoms with Crippen LogP contribution in [-0.4, -0.2) is 43.0 Å². The molecule has 0 bridgehead atoms. The molecule has 3 N–H and O–H groups in total. The minimum Gasteiger partial charge on any atom is -0.368 e. The van der Waals surface area contributed by atoms with Gasteiger partial charge in [-0.2, -0.15) is 0 Å². The van der Waals surface area contributed by atoms with Gasteiger partial charge >= 0.3 is 0 Å². The molecule has 2 unspecified atom stereocenters. The number of hydrogen-bond acceptors (Lipinski definition) is 3. The number of likely N-dealkylation sites (N-methyl/N-ethyl adjacent to an activating group) is 1. The Balaban J connectivity index is 2.57. The molecule has 0 spiro atoms. The van der Waals surface area contributed by atoms with Crippen LogP contribution in [0.3, 0.4) is 0 Å². The average Bonchev–Trinajstić information content (AvgIpc) is 2.78. The second-order valence-corrected chi connectivity index (χ2v) is 5.40. The molecule has 18 heavy (non-hydrogen) atoms. The number of hydrogen-bond donors (Lipinski definition) is 2. The molecule has 1 aliphatic carbocycles. The molecule has 2 atom stereocenters. The quantitative estimate of drug-likeness (QED) is 0.688. The van der Waals surface area contributed by atoms with Crippen molar-refractivity contribution < 1.29 is 4.79 Å². The Morgan fingerprint density at radius 2 is 2.17 bits per heavy atom. The number of primary amides is 1. The second-order valence-electron chi connectivity index (χ2n) is 5.40. The van der Waals surface area contributed by atoms with Crippen LogP contribution in [0.5, 0.6) is 0 Å². The molecule has 0 saturated heterocycles.